The Balaban J connectivity index is 1.93. The minimum absolute atomic E-state index is 0.0149. The Labute approximate surface area is 128 Å². The standard InChI is InChI=1S/C18H15N3O/c19-17(20)13-8-6-12-7-9-14(11-15(12)10-13)18(22)21-16-4-2-1-3-5-16/h1-11H,(H3,19,20)(H,21,22). The van der Waals surface area contributed by atoms with E-state index >= 15 is 0 Å². The Bertz CT molecular complexity index is 857. The first-order valence-corrected chi connectivity index (χ1v) is 6.88. The number of nitrogens with one attached hydrogen (secondary N) is 2. The van der Waals surface area contributed by atoms with Gasteiger partial charge in [0.15, 0.2) is 0 Å². The van der Waals surface area contributed by atoms with Gasteiger partial charge in [0.2, 0.25) is 0 Å². The van der Waals surface area contributed by atoms with E-state index in [9.17, 15) is 4.79 Å². The van der Waals surface area contributed by atoms with Crippen LogP contribution in [-0.2, 0) is 0 Å². The summed E-state index contributed by atoms with van der Waals surface area (Å²) >= 11 is 0. The SMILES string of the molecule is N=C(N)c1ccc2ccc(C(=O)Nc3ccccc3)cc2c1. The van der Waals surface area contributed by atoms with Gasteiger partial charge in [0.25, 0.3) is 5.91 Å². The Morgan fingerprint density at radius 2 is 1.50 bits per heavy atom. The van der Waals surface area contributed by atoms with E-state index in [1.807, 2.05) is 48.5 Å². The zero-order valence-electron chi connectivity index (χ0n) is 11.8. The Kier molecular flexibility index (Phi) is 3.58. The fourth-order valence-corrected chi connectivity index (χ4v) is 2.28. The van der Waals surface area contributed by atoms with E-state index < -0.39 is 0 Å². The number of carbonyl (C=O) groups excluding carboxylic acids is 1. The molecule has 3 aromatic rings. The van der Waals surface area contributed by atoms with Crippen LogP contribution in [0.4, 0.5) is 5.69 Å². The molecule has 0 saturated carbocycles. The van der Waals surface area contributed by atoms with Crippen molar-refractivity contribution in [1.29, 1.82) is 5.41 Å². The summed E-state index contributed by atoms with van der Waals surface area (Å²) in [5.74, 6) is -0.151. The molecule has 0 aromatic heterocycles. The quantitative estimate of drug-likeness (QED) is 0.510. The summed E-state index contributed by atoms with van der Waals surface area (Å²) in [7, 11) is 0. The molecule has 3 rings (SSSR count). The van der Waals surface area contributed by atoms with E-state index in [2.05, 4.69) is 5.32 Å². The summed E-state index contributed by atoms with van der Waals surface area (Å²) in [6.07, 6.45) is 0. The third-order valence-corrected chi connectivity index (χ3v) is 3.45. The van der Waals surface area contributed by atoms with E-state index in [0.717, 1.165) is 16.5 Å². The van der Waals surface area contributed by atoms with Gasteiger partial charge in [-0.25, -0.2) is 0 Å². The minimum Gasteiger partial charge on any atom is -0.384 e. The molecule has 22 heavy (non-hydrogen) atoms. The molecule has 0 heterocycles. The van der Waals surface area contributed by atoms with Crippen molar-refractivity contribution >= 4 is 28.2 Å². The molecule has 0 aliphatic carbocycles. The largest absolute Gasteiger partial charge is 0.384 e. The van der Waals surface area contributed by atoms with Gasteiger partial charge >= 0.3 is 0 Å². The number of rotatable bonds is 3. The molecule has 0 aliphatic heterocycles. The summed E-state index contributed by atoms with van der Waals surface area (Å²) < 4.78 is 0. The highest BCUT2D eigenvalue weighted by molar-refractivity contribution is 6.07. The average Bonchev–Trinajstić information content (AvgIpc) is 2.54. The number of nitrogen functional groups attached to an aromatic ring is 1. The lowest BCUT2D eigenvalue weighted by atomic mass is 10.0. The summed E-state index contributed by atoms with van der Waals surface area (Å²) in [6, 6.07) is 20.3. The molecule has 0 radical (unpaired) electrons. The highest BCUT2D eigenvalue weighted by atomic mass is 16.1. The van der Waals surface area contributed by atoms with E-state index in [0.29, 0.717) is 11.1 Å². The number of hydrogen-bond acceptors (Lipinski definition) is 2. The van der Waals surface area contributed by atoms with Gasteiger partial charge in [-0.15, -0.1) is 0 Å². The van der Waals surface area contributed by atoms with Crippen LogP contribution < -0.4 is 11.1 Å². The number of para-hydroxylation sites is 1. The zero-order valence-corrected chi connectivity index (χ0v) is 11.8. The second kappa shape index (κ2) is 5.69. The zero-order chi connectivity index (χ0) is 15.5. The highest BCUT2D eigenvalue weighted by Crippen LogP contribution is 2.19. The second-order valence-electron chi connectivity index (χ2n) is 5.01. The van der Waals surface area contributed by atoms with Crippen molar-refractivity contribution in [2.45, 2.75) is 0 Å². The number of fused-ring (bicyclic) bond motifs is 1. The molecule has 4 heteroatoms. The highest BCUT2D eigenvalue weighted by Gasteiger charge is 2.07. The summed E-state index contributed by atoms with van der Waals surface area (Å²) in [5, 5.41) is 12.2. The lowest BCUT2D eigenvalue weighted by Gasteiger charge is -2.07. The number of amides is 1. The normalized spacial score (nSPS) is 10.4. The van der Waals surface area contributed by atoms with E-state index in [-0.39, 0.29) is 11.7 Å². The van der Waals surface area contributed by atoms with E-state index in [1.54, 1.807) is 18.2 Å². The third-order valence-electron chi connectivity index (χ3n) is 3.45. The van der Waals surface area contributed by atoms with Crippen molar-refractivity contribution < 1.29 is 4.79 Å². The van der Waals surface area contributed by atoms with Crippen molar-refractivity contribution in [2.75, 3.05) is 5.32 Å². The lowest BCUT2D eigenvalue weighted by Crippen LogP contribution is -2.12. The smallest absolute Gasteiger partial charge is 0.255 e. The predicted octanol–water partition coefficient (Wildman–Crippen LogP) is 3.38. The number of anilines is 1. The Morgan fingerprint density at radius 1 is 0.864 bits per heavy atom. The molecule has 0 bridgehead atoms. The molecule has 0 fully saturated rings. The van der Waals surface area contributed by atoms with E-state index in [1.165, 1.54) is 0 Å². The van der Waals surface area contributed by atoms with Gasteiger partial charge in [0.05, 0.1) is 0 Å². The predicted molar refractivity (Wildman–Crippen MR) is 89.4 cm³/mol. The topological polar surface area (TPSA) is 79.0 Å². The summed E-state index contributed by atoms with van der Waals surface area (Å²) in [5.41, 5.74) is 7.48. The van der Waals surface area contributed by atoms with Crippen LogP contribution in [0.1, 0.15) is 15.9 Å². The number of benzene rings is 3. The molecule has 0 atom stereocenters. The number of amidine groups is 1. The van der Waals surface area contributed by atoms with Crippen molar-refractivity contribution in [3.8, 4) is 0 Å². The number of nitrogens with two attached hydrogens (primary N) is 1. The molecule has 0 spiro atoms. The van der Waals surface area contributed by atoms with Crippen molar-refractivity contribution in [3.05, 3.63) is 77.9 Å². The molecular weight excluding hydrogens is 274 g/mol. The van der Waals surface area contributed by atoms with Crippen LogP contribution >= 0.6 is 0 Å². The molecule has 108 valence electrons. The van der Waals surface area contributed by atoms with Gasteiger partial charge in [-0.2, -0.15) is 0 Å². The van der Waals surface area contributed by atoms with Crippen LogP contribution in [0.25, 0.3) is 10.8 Å². The minimum atomic E-state index is -0.165. The van der Waals surface area contributed by atoms with Gasteiger partial charge in [0, 0.05) is 16.8 Å². The van der Waals surface area contributed by atoms with Crippen LogP contribution in [0.5, 0.6) is 0 Å². The maximum Gasteiger partial charge on any atom is 0.255 e. The third kappa shape index (κ3) is 2.81. The van der Waals surface area contributed by atoms with Crippen molar-refractivity contribution in [2.24, 2.45) is 5.73 Å². The Hall–Kier alpha value is -3.14. The van der Waals surface area contributed by atoms with Crippen LogP contribution in [0.15, 0.2) is 66.7 Å². The van der Waals surface area contributed by atoms with Crippen LogP contribution in [-0.4, -0.2) is 11.7 Å². The molecule has 0 aliphatic rings. The van der Waals surface area contributed by atoms with Gasteiger partial charge < -0.3 is 11.1 Å². The van der Waals surface area contributed by atoms with Gasteiger partial charge in [0.1, 0.15) is 5.84 Å². The first kappa shape index (κ1) is 13.8. The molecule has 0 saturated heterocycles. The molecular formula is C18H15N3O. The van der Waals surface area contributed by atoms with Gasteiger partial charge in [-0.05, 0) is 41.1 Å². The lowest BCUT2D eigenvalue weighted by molar-refractivity contribution is 0.102. The molecule has 1 amide bonds. The van der Waals surface area contributed by atoms with Gasteiger partial charge in [-0.1, -0.05) is 36.4 Å². The molecule has 3 aromatic carbocycles. The van der Waals surface area contributed by atoms with Crippen molar-refractivity contribution in [3.63, 3.8) is 0 Å². The Morgan fingerprint density at radius 3 is 2.18 bits per heavy atom. The van der Waals surface area contributed by atoms with Crippen LogP contribution in [0.3, 0.4) is 0 Å². The summed E-state index contributed by atoms with van der Waals surface area (Å²) in [6.45, 7) is 0. The average molecular weight is 289 g/mol. The maximum atomic E-state index is 12.3. The van der Waals surface area contributed by atoms with Crippen LogP contribution in [0, 0.1) is 5.41 Å². The second-order valence-corrected chi connectivity index (χ2v) is 5.01. The van der Waals surface area contributed by atoms with E-state index in [4.69, 9.17) is 11.1 Å². The fourth-order valence-electron chi connectivity index (χ4n) is 2.28. The van der Waals surface area contributed by atoms with Crippen molar-refractivity contribution in [1.82, 2.24) is 0 Å². The fraction of sp³-hybridized carbons (Fsp3) is 0. The number of carbonyl (C=O) groups is 1. The number of hydrogen-bond donors (Lipinski definition) is 3. The first-order chi connectivity index (χ1) is 10.6. The monoisotopic (exact) mass is 289 g/mol. The summed E-state index contributed by atoms with van der Waals surface area (Å²) in [4.78, 5) is 12.3. The van der Waals surface area contributed by atoms with Crippen LogP contribution in [0.2, 0.25) is 0 Å². The molecule has 0 unspecified atom stereocenters. The maximum absolute atomic E-state index is 12.3. The molecule has 4 nitrogen and oxygen atoms in total. The van der Waals surface area contributed by atoms with Gasteiger partial charge in [-0.3, -0.25) is 10.2 Å². The first-order valence-electron chi connectivity index (χ1n) is 6.88. The molecule has 4 N–H and O–H groups in total.